The van der Waals surface area contributed by atoms with Crippen LogP contribution in [-0.4, -0.2) is 4.98 Å². The average molecular weight is 333 g/mol. The first-order valence-electron chi connectivity index (χ1n) is 5.42. The van der Waals surface area contributed by atoms with Crippen molar-refractivity contribution >= 4 is 23.2 Å². The standard InChI is InChI=1S/C13H5Cl2F3N2O/c14-8-2-3-9(15)10(5-8)21-12-7(6-19)1-4-11(20-12)13(16,17)18/h1-5H. The van der Waals surface area contributed by atoms with Crippen LogP contribution in [-0.2, 0) is 6.18 Å². The van der Waals surface area contributed by atoms with Crippen molar-refractivity contribution < 1.29 is 17.9 Å². The highest BCUT2D eigenvalue weighted by Gasteiger charge is 2.33. The van der Waals surface area contributed by atoms with Crippen LogP contribution in [0.15, 0.2) is 30.3 Å². The van der Waals surface area contributed by atoms with Crippen LogP contribution in [0.4, 0.5) is 13.2 Å². The molecule has 0 saturated carbocycles. The summed E-state index contributed by atoms with van der Waals surface area (Å²) in [7, 11) is 0. The molecule has 0 fully saturated rings. The molecular weight excluding hydrogens is 328 g/mol. The third-order valence-corrected chi connectivity index (χ3v) is 2.92. The minimum Gasteiger partial charge on any atom is -0.436 e. The number of nitrogens with zero attached hydrogens (tertiary/aromatic N) is 2. The van der Waals surface area contributed by atoms with E-state index in [1.807, 2.05) is 0 Å². The number of ether oxygens (including phenoxy) is 1. The van der Waals surface area contributed by atoms with Crippen LogP contribution in [0.3, 0.4) is 0 Å². The quantitative estimate of drug-likeness (QED) is 0.771. The third-order valence-electron chi connectivity index (χ3n) is 2.37. The largest absolute Gasteiger partial charge is 0.436 e. The number of hydrogen-bond donors (Lipinski definition) is 0. The van der Waals surface area contributed by atoms with Gasteiger partial charge >= 0.3 is 6.18 Å². The molecule has 0 aliphatic carbocycles. The Morgan fingerprint density at radius 3 is 2.48 bits per heavy atom. The summed E-state index contributed by atoms with van der Waals surface area (Å²) in [5, 5.41) is 9.31. The summed E-state index contributed by atoms with van der Waals surface area (Å²) < 4.78 is 43.1. The minimum absolute atomic E-state index is 0.00694. The first kappa shape index (κ1) is 15.4. The van der Waals surface area contributed by atoms with Gasteiger partial charge in [0.05, 0.1) is 5.02 Å². The second-order valence-electron chi connectivity index (χ2n) is 3.84. The van der Waals surface area contributed by atoms with Gasteiger partial charge in [0.15, 0.2) is 0 Å². The lowest BCUT2D eigenvalue weighted by atomic mass is 10.2. The van der Waals surface area contributed by atoms with Gasteiger partial charge in [-0.15, -0.1) is 0 Å². The Balaban J connectivity index is 2.47. The molecule has 0 bridgehead atoms. The van der Waals surface area contributed by atoms with Gasteiger partial charge in [-0.3, -0.25) is 0 Å². The molecular formula is C13H5Cl2F3N2O. The smallest absolute Gasteiger partial charge is 0.433 e. The van der Waals surface area contributed by atoms with Crippen molar-refractivity contribution in [2.45, 2.75) is 6.18 Å². The summed E-state index contributed by atoms with van der Waals surface area (Å²) in [6.07, 6.45) is -4.65. The predicted octanol–water partition coefficient (Wildman–Crippen LogP) is 5.07. The van der Waals surface area contributed by atoms with E-state index in [4.69, 9.17) is 33.2 Å². The van der Waals surface area contributed by atoms with Crippen LogP contribution < -0.4 is 4.74 Å². The molecule has 21 heavy (non-hydrogen) atoms. The van der Waals surface area contributed by atoms with Crippen LogP contribution in [0, 0.1) is 11.3 Å². The average Bonchev–Trinajstić information content (AvgIpc) is 2.42. The van der Waals surface area contributed by atoms with Gasteiger partial charge in [-0.25, -0.2) is 4.98 Å². The molecule has 0 saturated heterocycles. The maximum absolute atomic E-state index is 12.6. The highest BCUT2D eigenvalue weighted by Crippen LogP contribution is 2.35. The fourth-order valence-electron chi connectivity index (χ4n) is 1.42. The lowest BCUT2D eigenvalue weighted by Gasteiger charge is -2.11. The summed E-state index contributed by atoms with van der Waals surface area (Å²) in [5.41, 5.74) is -1.33. The van der Waals surface area contributed by atoms with Gasteiger partial charge in [0.25, 0.3) is 0 Å². The zero-order chi connectivity index (χ0) is 15.6. The molecule has 0 aliphatic rings. The van der Waals surface area contributed by atoms with E-state index in [2.05, 4.69) is 4.98 Å². The number of hydrogen-bond acceptors (Lipinski definition) is 3. The molecule has 0 unspecified atom stereocenters. The summed E-state index contributed by atoms with van der Waals surface area (Å²) in [6, 6.07) is 7.59. The summed E-state index contributed by atoms with van der Waals surface area (Å²) >= 11 is 11.6. The van der Waals surface area contributed by atoms with Gasteiger partial charge in [0.2, 0.25) is 5.88 Å². The van der Waals surface area contributed by atoms with Gasteiger partial charge in [-0.1, -0.05) is 23.2 Å². The Morgan fingerprint density at radius 1 is 1.14 bits per heavy atom. The number of pyridine rings is 1. The van der Waals surface area contributed by atoms with E-state index in [9.17, 15) is 13.2 Å². The Morgan fingerprint density at radius 2 is 1.86 bits per heavy atom. The molecule has 0 amide bonds. The summed E-state index contributed by atoms with van der Waals surface area (Å²) in [6.45, 7) is 0. The Bertz CT molecular complexity index is 726. The molecule has 1 aromatic heterocycles. The maximum atomic E-state index is 12.6. The van der Waals surface area contributed by atoms with Crippen molar-refractivity contribution in [3.05, 3.63) is 51.6 Å². The van der Waals surface area contributed by atoms with Crippen molar-refractivity contribution in [2.24, 2.45) is 0 Å². The van der Waals surface area contributed by atoms with Gasteiger partial charge in [-0.2, -0.15) is 18.4 Å². The topological polar surface area (TPSA) is 45.9 Å². The lowest BCUT2D eigenvalue weighted by Crippen LogP contribution is -2.09. The van der Waals surface area contributed by atoms with E-state index in [-0.39, 0.29) is 21.4 Å². The van der Waals surface area contributed by atoms with Crippen molar-refractivity contribution in [2.75, 3.05) is 0 Å². The van der Waals surface area contributed by atoms with Gasteiger partial charge < -0.3 is 4.74 Å². The van der Waals surface area contributed by atoms with E-state index < -0.39 is 17.8 Å². The fourth-order valence-corrected chi connectivity index (χ4v) is 1.74. The molecule has 0 spiro atoms. The number of halogens is 5. The molecule has 0 aliphatic heterocycles. The van der Waals surface area contributed by atoms with Crippen LogP contribution in [0.5, 0.6) is 11.6 Å². The molecule has 2 rings (SSSR count). The van der Waals surface area contributed by atoms with Gasteiger partial charge in [0.1, 0.15) is 23.1 Å². The number of nitriles is 1. The first-order valence-corrected chi connectivity index (χ1v) is 6.18. The molecule has 0 atom stereocenters. The monoisotopic (exact) mass is 332 g/mol. The van der Waals surface area contributed by atoms with Crippen LogP contribution in [0.25, 0.3) is 0 Å². The highest BCUT2D eigenvalue weighted by atomic mass is 35.5. The van der Waals surface area contributed by atoms with Crippen molar-refractivity contribution in [1.82, 2.24) is 4.98 Å². The molecule has 1 heterocycles. The molecule has 1 aromatic carbocycles. The number of aromatic nitrogens is 1. The zero-order valence-electron chi connectivity index (χ0n) is 10.1. The fraction of sp³-hybridized carbons (Fsp3) is 0.0769. The lowest BCUT2D eigenvalue weighted by molar-refractivity contribution is -0.141. The Kier molecular flexibility index (Phi) is 4.26. The van der Waals surface area contributed by atoms with Crippen molar-refractivity contribution in [3.8, 4) is 17.7 Å². The summed E-state index contributed by atoms with van der Waals surface area (Å²) in [4.78, 5) is 3.31. The zero-order valence-corrected chi connectivity index (χ0v) is 11.6. The normalized spacial score (nSPS) is 11.0. The van der Waals surface area contributed by atoms with Crippen LogP contribution >= 0.6 is 23.2 Å². The number of rotatable bonds is 2. The molecule has 0 N–H and O–H groups in total. The summed E-state index contributed by atoms with van der Waals surface area (Å²) in [5.74, 6) is -0.482. The van der Waals surface area contributed by atoms with Gasteiger partial charge in [-0.05, 0) is 24.3 Å². The number of benzene rings is 1. The third kappa shape index (κ3) is 3.57. The SMILES string of the molecule is N#Cc1ccc(C(F)(F)F)nc1Oc1cc(Cl)ccc1Cl. The van der Waals surface area contributed by atoms with E-state index in [1.165, 1.54) is 18.2 Å². The van der Waals surface area contributed by atoms with Crippen molar-refractivity contribution in [1.29, 1.82) is 5.26 Å². The minimum atomic E-state index is -4.65. The second kappa shape index (κ2) is 5.80. The highest BCUT2D eigenvalue weighted by molar-refractivity contribution is 6.34. The van der Waals surface area contributed by atoms with Crippen molar-refractivity contribution in [3.63, 3.8) is 0 Å². The molecule has 8 heteroatoms. The Labute approximate surface area is 127 Å². The molecule has 108 valence electrons. The Hall–Kier alpha value is -1.97. The first-order chi connectivity index (χ1) is 9.81. The maximum Gasteiger partial charge on any atom is 0.433 e. The predicted molar refractivity (Wildman–Crippen MR) is 70.5 cm³/mol. The van der Waals surface area contributed by atoms with Gasteiger partial charge in [0, 0.05) is 11.1 Å². The van der Waals surface area contributed by atoms with Crippen LogP contribution in [0.1, 0.15) is 11.3 Å². The molecule has 2 aromatic rings. The number of alkyl halides is 3. The molecule has 0 radical (unpaired) electrons. The van der Waals surface area contributed by atoms with E-state index in [1.54, 1.807) is 6.07 Å². The van der Waals surface area contributed by atoms with E-state index in [0.29, 0.717) is 6.07 Å². The molecule has 3 nitrogen and oxygen atoms in total. The van der Waals surface area contributed by atoms with E-state index >= 15 is 0 Å². The second-order valence-corrected chi connectivity index (χ2v) is 4.68. The van der Waals surface area contributed by atoms with E-state index in [0.717, 1.165) is 6.07 Å². The van der Waals surface area contributed by atoms with Crippen LogP contribution in [0.2, 0.25) is 10.0 Å².